The van der Waals surface area contributed by atoms with Crippen LogP contribution in [0.25, 0.3) is 0 Å². The van der Waals surface area contributed by atoms with Crippen LogP contribution in [0.2, 0.25) is 0 Å². The molecule has 0 amide bonds. The number of phenolic OH excluding ortho intramolecular Hbond substituents is 2. The second-order valence-corrected chi connectivity index (χ2v) is 5.67. The highest BCUT2D eigenvalue weighted by molar-refractivity contribution is 5.40. The number of rotatable bonds is 3. The minimum absolute atomic E-state index is 0.0209. The zero-order valence-corrected chi connectivity index (χ0v) is 11.8. The van der Waals surface area contributed by atoms with Crippen LogP contribution in [0, 0.1) is 5.92 Å². The van der Waals surface area contributed by atoms with E-state index in [0.29, 0.717) is 18.4 Å². The number of hydrogen-bond acceptors (Lipinski definition) is 3. The molecule has 1 aliphatic carbocycles. The molecule has 1 aromatic carbocycles. The third-order valence-corrected chi connectivity index (χ3v) is 4.13. The smallest absolute Gasteiger partial charge is 0.393 e. The van der Waals surface area contributed by atoms with E-state index in [-0.39, 0.29) is 17.9 Å². The van der Waals surface area contributed by atoms with E-state index in [1.165, 1.54) is 18.2 Å². The summed E-state index contributed by atoms with van der Waals surface area (Å²) in [6.07, 6.45) is -2.25. The highest BCUT2D eigenvalue weighted by atomic mass is 19.4. The summed E-state index contributed by atoms with van der Waals surface area (Å²) in [5.74, 6) is -1.41. The molecule has 0 saturated heterocycles. The molecule has 0 aromatic heterocycles. The number of aromatic hydroxyl groups is 2. The Morgan fingerprint density at radius 2 is 1.86 bits per heavy atom. The zero-order valence-electron chi connectivity index (χ0n) is 11.8. The maximum Gasteiger partial charge on any atom is 0.393 e. The Morgan fingerprint density at radius 3 is 2.52 bits per heavy atom. The van der Waals surface area contributed by atoms with E-state index in [1.54, 1.807) is 6.92 Å². The first-order chi connectivity index (χ1) is 9.79. The fourth-order valence-corrected chi connectivity index (χ4v) is 3.02. The van der Waals surface area contributed by atoms with Crippen molar-refractivity contribution in [2.24, 2.45) is 5.92 Å². The molecular weight excluding hydrogens is 283 g/mol. The van der Waals surface area contributed by atoms with Crippen molar-refractivity contribution >= 4 is 0 Å². The monoisotopic (exact) mass is 303 g/mol. The lowest BCUT2D eigenvalue weighted by molar-refractivity contribution is -0.189. The van der Waals surface area contributed by atoms with Gasteiger partial charge in [0, 0.05) is 17.6 Å². The molecule has 3 atom stereocenters. The molecule has 0 aliphatic heterocycles. The Balaban J connectivity index is 2.13. The van der Waals surface area contributed by atoms with Gasteiger partial charge in [-0.1, -0.05) is 12.8 Å². The number of benzene rings is 1. The molecule has 21 heavy (non-hydrogen) atoms. The molecule has 0 radical (unpaired) electrons. The van der Waals surface area contributed by atoms with E-state index in [1.807, 2.05) is 0 Å². The van der Waals surface area contributed by atoms with Crippen LogP contribution in [0.3, 0.4) is 0 Å². The molecule has 3 unspecified atom stereocenters. The van der Waals surface area contributed by atoms with Gasteiger partial charge in [-0.2, -0.15) is 13.2 Å². The van der Waals surface area contributed by atoms with Gasteiger partial charge >= 0.3 is 6.18 Å². The Morgan fingerprint density at radius 1 is 1.19 bits per heavy atom. The van der Waals surface area contributed by atoms with Gasteiger partial charge in [0.05, 0.1) is 5.92 Å². The summed E-state index contributed by atoms with van der Waals surface area (Å²) >= 11 is 0. The van der Waals surface area contributed by atoms with Gasteiger partial charge in [0.2, 0.25) is 0 Å². The normalized spacial score (nSPS) is 24.8. The molecule has 1 fully saturated rings. The predicted molar refractivity (Wildman–Crippen MR) is 73.1 cm³/mol. The standard InChI is InChI=1S/C15H20F3NO2/c1-9(11-8-10(20)6-7-14(11)21)19-13-5-3-2-4-12(13)15(16,17)18/h6-9,12-13,19-21H,2-5H2,1H3. The van der Waals surface area contributed by atoms with E-state index in [2.05, 4.69) is 5.32 Å². The average molecular weight is 303 g/mol. The summed E-state index contributed by atoms with van der Waals surface area (Å²) in [6.45, 7) is 1.69. The quantitative estimate of drug-likeness (QED) is 0.743. The second kappa shape index (κ2) is 6.13. The maximum atomic E-state index is 13.1. The zero-order chi connectivity index (χ0) is 15.6. The van der Waals surface area contributed by atoms with Gasteiger partial charge in [-0.3, -0.25) is 0 Å². The van der Waals surface area contributed by atoms with Crippen molar-refractivity contribution in [1.29, 1.82) is 0 Å². The molecule has 3 N–H and O–H groups in total. The van der Waals surface area contributed by atoms with Crippen LogP contribution in [-0.4, -0.2) is 22.4 Å². The van der Waals surface area contributed by atoms with E-state index < -0.39 is 24.2 Å². The van der Waals surface area contributed by atoms with Crippen molar-refractivity contribution in [2.75, 3.05) is 0 Å². The van der Waals surface area contributed by atoms with Gasteiger partial charge in [-0.05, 0) is 38.0 Å². The van der Waals surface area contributed by atoms with Crippen LogP contribution >= 0.6 is 0 Å². The second-order valence-electron chi connectivity index (χ2n) is 5.67. The SMILES string of the molecule is CC(NC1CCCCC1C(F)(F)F)c1cc(O)ccc1O. The van der Waals surface area contributed by atoms with E-state index in [9.17, 15) is 23.4 Å². The fourth-order valence-electron chi connectivity index (χ4n) is 3.02. The van der Waals surface area contributed by atoms with Crippen LogP contribution < -0.4 is 5.32 Å². The highest BCUT2D eigenvalue weighted by Gasteiger charge is 2.45. The molecule has 0 spiro atoms. The Bertz CT molecular complexity index is 490. The van der Waals surface area contributed by atoms with Gasteiger partial charge < -0.3 is 15.5 Å². The third kappa shape index (κ3) is 3.81. The Kier molecular flexibility index (Phi) is 4.66. The first kappa shape index (κ1) is 15.9. The third-order valence-electron chi connectivity index (χ3n) is 4.13. The summed E-state index contributed by atoms with van der Waals surface area (Å²) in [7, 11) is 0. The predicted octanol–water partition coefficient (Wildman–Crippen LogP) is 3.87. The van der Waals surface area contributed by atoms with Crippen LogP contribution in [0.4, 0.5) is 13.2 Å². The highest BCUT2D eigenvalue weighted by Crippen LogP contribution is 2.39. The molecule has 0 heterocycles. The number of nitrogens with one attached hydrogen (secondary N) is 1. The average Bonchev–Trinajstić information content (AvgIpc) is 2.41. The topological polar surface area (TPSA) is 52.5 Å². The lowest BCUT2D eigenvalue weighted by Crippen LogP contribution is -2.46. The van der Waals surface area contributed by atoms with Crippen LogP contribution in [0.1, 0.15) is 44.2 Å². The molecular formula is C15H20F3NO2. The van der Waals surface area contributed by atoms with Crippen LogP contribution in [0.15, 0.2) is 18.2 Å². The molecule has 1 saturated carbocycles. The number of hydrogen-bond donors (Lipinski definition) is 3. The van der Waals surface area contributed by atoms with Crippen LogP contribution in [-0.2, 0) is 0 Å². The first-order valence-corrected chi connectivity index (χ1v) is 7.13. The van der Waals surface area contributed by atoms with E-state index in [4.69, 9.17) is 0 Å². The molecule has 1 aromatic rings. The maximum absolute atomic E-state index is 13.1. The molecule has 6 heteroatoms. The molecule has 2 rings (SSSR count). The van der Waals surface area contributed by atoms with E-state index >= 15 is 0 Å². The van der Waals surface area contributed by atoms with Crippen molar-refractivity contribution in [3.05, 3.63) is 23.8 Å². The lowest BCUT2D eigenvalue weighted by Gasteiger charge is -2.35. The fraction of sp³-hybridized carbons (Fsp3) is 0.600. The molecule has 0 bridgehead atoms. The van der Waals surface area contributed by atoms with Crippen molar-refractivity contribution < 1.29 is 23.4 Å². The van der Waals surface area contributed by atoms with Crippen molar-refractivity contribution in [3.8, 4) is 11.5 Å². The van der Waals surface area contributed by atoms with Gasteiger partial charge in [-0.15, -0.1) is 0 Å². The number of halogens is 3. The largest absolute Gasteiger partial charge is 0.508 e. The van der Waals surface area contributed by atoms with Gasteiger partial charge in [-0.25, -0.2) is 0 Å². The number of alkyl halides is 3. The lowest BCUT2D eigenvalue weighted by atomic mass is 9.83. The summed E-state index contributed by atoms with van der Waals surface area (Å²) < 4.78 is 39.2. The molecule has 118 valence electrons. The van der Waals surface area contributed by atoms with Crippen molar-refractivity contribution in [2.45, 2.75) is 50.9 Å². The van der Waals surface area contributed by atoms with Gasteiger partial charge in [0.25, 0.3) is 0 Å². The van der Waals surface area contributed by atoms with E-state index in [0.717, 1.165) is 6.42 Å². The molecule has 1 aliphatic rings. The van der Waals surface area contributed by atoms with Crippen molar-refractivity contribution in [3.63, 3.8) is 0 Å². The summed E-state index contributed by atoms with van der Waals surface area (Å²) in [5.41, 5.74) is 0.404. The number of phenols is 2. The molecule has 3 nitrogen and oxygen atoms in total. The first-order valence-electron chi connectivity index (χ1n) is 7.13. The minimum Gasteiger partial charge on any atom is -0.508 e. The van der Waals surface area contributed by atoms with Crippen molar-refractivity contribution in [1.82, 2.24) is 5.32 Å². The minimum atomic E-state index is -4.21. The van der Waals surface area contributed by atoms with Gasteiger partial charge in [0.15, 0.2) is 0 Å². The summed E-state index contributed by atoms with van der Waals surface area (Å²) in [6, 6.07) is 2.93. The summed E-state index contributed by atoms with van der Waals surface area (Å²) in [5, 5.41) is 22.2. The Hall–Kier alpha value is -1.43. The summed E-state index contributed by atoms with van der Waals surface area (Å²) in [4.78, 5) is 0. The Labute approximate surface area is 121 Å². The van der Waals surface area contributed by atoms with Gasteiger partial charge in [0.1, 0.15) is 11.5 Å². The van der Waals surface area contributed by atoms with Crippen LogP contribution in [0.5, 0.6) is 11.5 Å².